The van der Waals surface area contributed by atoms with Crippen LogP contribution in [0.2, 0.25) is 0 Å². The third-order valence-corrected chi connectivity index (χ3v) is 3.74. The molecule has 0 radical (unpaired) electrons. The molecular formula is C17H21NO4. The van der Waals surface area contributed by atoms with Gasteiger partial charge in [0.25, 0.3) is 0 Å². The van der Waals surface area contributed by atoms with Gasteiger partial charge in [-0.15, -0.1) is 0 Å². The Balaban J connectivity index is 1.96. The summed E-state index contributed by atoms with van der Waals surface area (Å²) in [6, 6.07) is 8.88. The van der Waals surface area contributed by atoms with E-state index in [1.165, 1.54) is 11.8 Å². The van der Waals surface area contributed by atoms with Gasteiger partial charge in [-0.25, -0.2) is 4.79 Å². The first kappa shape index (κ1) is 16.2. The molecule has 2 rings (SSSR count). The second kappa shape index (κ2) is 7.73. The Morgan fingerprint density at radius 3 is 2.59 bits per heavy atom. The van der Waals surface area contributed by atoms with E-state index in [1.807, 2.05) is 30.3 Å². The van der Waals surface area contributed by atoms with Crippen molar-refractivity contribution >= 4 is 17.7 Å². The number of rotatable bonds is 5. The fourth-order valence-electron chi connectivity index (χ4n) is 2.65. The molecule has 22 heavy (non-hydrogen) atoms. The zero-order valence-electron chi connectivity index (χ0n) is 12.8. The normalized spacial score (nSPS) is 17.9. The van der Waals surface area contributed by atoms with E-state index in [1.54, 1.807) is 0 Å². The van der Waals surface area contributed by atoms with Gasteiger partial charge in [-0.1, -0.05) is 30.3 Å². The quantitative estimate of drug-likeness (QED) is 0.785. The van der Waals surface area contributed by atoms with Crippen LogP contribution in [0.5, 0.6) is 0 Å². The van der Waals surface area contributed by atoms with Crippen LogP contribution < -0.4 is 0 Å². The predicted octanol–water partition coefficient (Wildman–Crippen LogP) is 2.73. The molecule has 5 heteroatoms. The van der Waals surface area contributed by atoms with Crippen molar-refractivity contribution in [2.24, 2.45) is 0 Å². The summed E-state index contributed by atoms with van der Waals surface area (Å²) in [5.74, 6) is -0.364. The van der Waals surface area contributed by atoms with E-state index in [-0.39, 0.29) is 24.6 Å². The maximum atomic E-state index is 12.2. The molecule has 0 N–H and O–H groups in total. The number of Topliss-reactive ketones (excluding diaryl/α,β-unsaturated/α-hetero) is 2. The maximum absolute atomic E-state index is 12.2. The number of likely N-dealkylation sites (tertiary alicyclic amines) is 1. The van der Waals surface area contributed by atoms with Crippen molar-refractivity contribution in [3.8, 4) is 0 Å². The van der Waals surface area contributed by atoms with Gasteiger partial charge in [0, 0.05) is 6.54 Å². The van der Waals surface area contributed by atoms with E-state index in [9.17, 15) is 14.4 Å². The van der Waals surface area contributed by atoms with Crippen LogP contribution in [0.3, 0.4) is 0 Å². The molecule has 118 valence electrons. The van der Waals surface area contributed by atoms with Gasteiger partial charge >= 0.3 is 6.09 Å². The number of amides is 1. The van der Waals surface area contributed by atoms with Crippen molar-refractivity contribution in [1.29, 1.82) is 0 Å². The summed E-state index contributed by atoms with van der Waals surface area (Å²) in [7, 11) is 0. The van der Waals surface area contributed by atoms with E-state index in [0.717, 1.165) is 18.4 Å². The number of piperidine rings is 1. The molecule has 0 saturated carbocycles. The van der Waals surface area contributed by atoms with Crippen molar-refractivity contribution < 1.29 is 19.1 Å². The van der Waals surface area contributed by atoms with Crippen LogP contribution in [-0.2, 0) is 20.9 Å². The Morgan fingerprint density at radius 1 is 1.18 bits per heavy atom. The number of nitrogens with zero attached hydrogens (tertiary/aromatic N) is 1. The highest BCUT2D eigenvalue weighted by Crippen LogP contribution is 2.20. The van der Waals surface area contributed by atoms with E-state index in [4.69, 9.17) is 4.74 Å². The van der Waals surface area contributed by atoms with Crippen molar-refractivity contribution in [3.63, 3.8) is 0 Å². The van der Waals surface area contributed by atoms with Gasteiger partial charge in [-0.3, -0.25) is 14.5 Å². The minimum Gasteiger partial charge on any atom is -0.445 e. The third kappa shape index (κ3) is 4.41. The summed E-state index contributed by atoms with van der Waals surface area (Å²) >= 11 is 0. The summed E-state index contributed by atoms with van der Waals surface area (Å²) in [5.41, 5.74) is 0.902. The fourth-order valence-corrected chi connectivity index (χ4v) is 2.65. The van der Waals surface area contributed by atoms with Gasteiger partial charge in [0.05, 0.1) is 12.5 Å². The van der Waals surface area contributed by atoms with Crippen LogP contribution in [-0.4, -0.2) is 35.1 Å². The second-order valence-electron chi connectivity index (χ2n) is 5.59. The molecule has 1 aromatic rings. The monoisotopic (exact) mass is 303 g/mol. The van der Waals surface area contributed by atoms with E-state index in [0.29, 0.717) is 13.0 Å². The molecule has 1 aromatic carbocycles. The molecule has 0 aromatic heterocycles. The minimum absolute atomic E-state index is 0.118. The summed E-state index contributed by atoms with van der Waals surface area (Å²) in [5, 5.41) is 0. The molecule has 0 aliphatic carbocycles. The van der Waals surface area contributed by atoms with Gasteiger partial charge in [0.2, 0.25) is 0 Å². The third-order valence-electron chi connectivity index (χ3n) is 3.74. The first-order chi connectivity index (χ1) is 10.6. The smallest absolute Gasteiger partial charge is 0.410 e. The summed E-state index contributed by atoms with van der Waals surface area (Å²) in [6.07, 6.45) is 1.74. The number of benzene rings is 1. The van der Waals surface area contributed by atoms with Gasteiger partial charge in [0.1, 0.15) is 12.4 Å². The van der Waals surface area contributed by atoms with Gasteiger partial charge in [-0.2, -0.15) is 0 Å². The Kier molecular flexibility index (Phi) is 5.69. The number of hydrogen-bond donors (Lipinski definition) is 0. The molecule has 5 nitrogen and oxygen atoms in total. The molecule has 1 aliphatic heterocycles. The number of carbonyl (C=O) groups is 3. The fraction of sp³-hybridized carbons (Fsp3) is 0.471. The number of hydrogen-bond acceptors (Lipinski definition) is 4. The van der Waals surface area contributed by atoms with Crippen LogP contribution in [0.25, 0.3) is 0 Å². The first-order valence-corrected chi connectivity index (χ1v) is 7.57. The number of ether oxygens (including phenoxy) is 1. The standard InChI is InChI=1S/C17H21NO4/c1-13(19)11-16(20)15-9-5-6-10-18(15)17(21)22-12-14-7-3-2-4-8-14/h2-4,7-8,15H,5-6,9-12H2,1H3. The topological polar surface area (TPSA) is 63.7 Å². The van der Waals surface area contributed by atoms with Gasteiger partial charge < -0.3 is 4.74 Å². The molecule has 0 bridgehead atoms. The van der Waals surface area contributed by atoms with Crippen LogP contribution >= 0.6 is 0 Å². The average molecular weight is 303 g/mol. The molecule has 1 aliphatic rings. The molecule has 1 amide bonds. The summed E-state index contributed by atoms with van der Waals surface area (Å²) < 4.78 is 5.30. The largest absolute Gasteiger partial charge is 0.445 e. The van der Waals surface area contributed by atoms with Crippen molar-refractivity contribution in [2.45, 2.75) is 45.3 Å². The highest BCUT2D eigenvalue weighted by Gasteiger charge is 2.33. The Bertz CT molecular complexity index is 541. The number of carbonyl (C=O) groups excluding carboxylic acids is 3. The lowest BCUT2D eigenvalue weighted by Gasteiger charge is -2.33. The van der Waals surface area contributed by atoms with Crippen molar-refractivity contribution in [1.82, 2.24) is 4.90 Å². The minimum atomic E-state index is -0.527. The van der Waals surface area contributed by atoms with Crippen LogP contribution in [0.4, 0.5) is 4.79 Å². The van der Waals surface area contributed by atoms with E-state index < -0.39 is 12.1 Å². The lowest BCUT2D eigenvalue weighted by atomic mass is 9.96. The van der Waals surface area contributed by atoms with Crippen LogP contribution in [0.15, 0.2) is 30.3 Å². The van der Waals surface area contributed by atoms with E-state index >= 15 is 0 Å². The molecule has 1 unspecified atom stereocenters. The summed E-state index contributed by atoms with van der Waals surface area (Å²) in [6.45, 7) is 2.07. The molecule has 1 heterocycles. The van der Waals surface area contributed by atoms with E-state index in [2.05, 4.69) is 0 Å². The SMILES string of the molecule is CC(=O)CC(=O)C1CCCCN1C(=O)OCc1ccccc1. The lowest BCUT2D eigenvalue weighted by molar-refractivity contribution is -0.129. The Hall–Kier alpha value is -2.17. The van der Waals surface area contributed by atoms with Crippen LogP contribution in [0, 0.1) is 0 Å². The molecule has 1 saturated heterocycles. The zero-order chi connectivity index (χ0) is 15.9. The van der Waals surface area contributed by atoms with Crippen molar-refractivity contribution in [2.75, 3.05) is 6.54 Å². The van der Waals surface area contributed by atoms with Gasteiger partial charge in [-0.05, 0) is 31.7 Å². The maximum Gasteiger partial charge on any atom is 0.410 e. The first-order valence-electron chi connectivity index (χ1n) is 7.57. The molecule has 1 atom stereocenters. The highest BCUT2D eigenvalue weighted by atomic mass is 16.6. The highest BCUT2D eigenvalue weighted by molar-refractivity contribution is 6.01. The summed E-state index contributed by atoms with van der Waals surface area (Å²) in [4.78, 5) is 37.0. The number of ketones is 2. The van der Waals surface area contributed by atoms with Crippen molar-refractivity contribution in [3.05, 3.63) is 35.9 Å². The van der Waals surface area contributed by atoms with Gasteiger partial charge in [0.15, 0.2) is 5.78 Å². The second-order valence-corrected chi connectivity index (χ2v) is 5.59. The molecule has 0 spiro atoms. The van der Waals surface area contributed by atoms with Crippen LogP contribution in [0.1, 0.15) is 38.2 Å². The average Bonchev–Trinajstić information content (AvgIpc) is 2.53. The zero-order valence-corrected chi connectivity index (χ0v) is 12.8. The Labute approximate surface area is 130 Å². The Morgan fingerprint density at radius 2 is 1.91 bits per heavy atom. The lowest BCUT2D eigenvalue weighted by Crippen LogP contribution is -2.48. The molecular weight excluding hydrogens is 282 g/mol. The molecule has 1 fully saturated rings. The predicted molar refractivity (Wildman–Crippen MR) is 81.3 cm³/mol.